The van der Waals surface area contributed by atoms with E-state index in [1.807, 2.05) is 10.3 Å². The first-order valence-corrected chi connectivity index (χ1v) is 8.89. The molecule has 0 bridgehead atoms. The van der Waals surface area contributed by atoms with E-state index in [4.69, 9.17) is 0 Å². The lowest BCUT2D eigenvalue weighted by atomic mass is 9.96. The predicted molar refractivity (Wildman–Crippen MR) is 85.4 cm³/mol. The van der Waals surface area contributed by atoms with E-state index in [9.17, 15) is 9.59 Å². The van der Waals surface area contributed by atoms with Gasteiger partial charge in [0.2, 0.25) is 0 Å². The highest BCUT2D eigenvalue weighted by Gasteiger charge is 2.37. The van der Waals surface area contributed by atoms with Gasteiger partial charge in [0, 0.05) is 30.4 Å². The lowest BCUT2D eigenvalue weighted by molar-refractivity contribution is 0.0686. The summed E-state index contributed by atoms with van der Waals surface area (Å²) in [4.78, 5) is 32.2. The first-order valence-electron chi connectivity index (χ1n) is 8.01. The number of hydrogen-bond acceptors (Lipinski definition) is 4. The predicted octanol–water partition coefficient (Wildman–Crippen LogP) is 2.55. The Morgan fingerprint density at radius 2 is 2.05 bits per heavy atom. The maximum absolute atomic E-state index is 12.9. The highest BCUT2D eigenvalue weighted by Crippen LogP contribution is 2.35. The minimum absolute atomic E-state index is 0.132. The van der Waals surface area contributed by atoms with Gasteiger partial charge in [-0.15, -0.1) is 11.3 Å². The molecule has 22 heavy (non-hydrogen) atoms. The van der Waals surface area contributed by atoms with E-state index < -0.39 is 0 Å². The van der Waals surface area contributed by atoms with Crippen molar-refractivity contribution in [3.05, 3.63) is 33.7 Å². The summed E-state index contributed by atoms with van der Waals surface area (Å²) in [7, 11) is 0. The van der Waals surface area contributed by atoms with Crippen LogP contribution >= 0.6 is 11.3 Å². The first kappa shape index (κ1) is 13.9. The molecule has 116 valence electrons. The fourth-order valence-electron chi connectivity index (χ4n) is 4.00. The van der Waals surface area contributed by atoms with Crippen LogP contribution in [0.1, 0.15) is 48.9 Å². The normalized spacial score (nSPS) is 22.7. The molecule has 0 spiro atoms. The van der Waals surface area contributed by atoms with Gasteiger partial charge in [-0.25, -0.2) is 4.98 Å². The third kappa shape index (κ3) is 2.17. The van der Waals surface area contributed by atoms with E-state index in [-0.39, 0.29) is 17.0 Å². The number of carbonyl (C=O) groups is 1. The molecule has 0 radical (unpaired) electrons. The number of hydrogen-bond donors (Lipinski definition) is 0. The van der Waals surface area contributed by atoms with Crippen LogP contribution in [0.3, 0.4) is 0 Å². The number of aromatic nitrogens is 2. The van der Waals surface area contributed by atoms with Crippen LogP contribution in [-0.4, -0.2) is 32.8 Å². The molecular weight excluding hydrogens is 298 g/mol. The summed E-state index contributed by atoms with van der Waals surface area (Å²) in [5.41, 5.74) is -0.0332. The molecular formula is C16H19N3O2S. The van der Waals surface area contributed by atoms with Gasteiger partial charge < -0.3 is 4.90 Å². The van der Waals surface area contributed by atoms with E-state index in [1.165, 1.54) is 47.6 Å². The molecule has 2 aromatic rings. The number of carbonyl (C=O) groups excluding carboxylic acids is 1. The van der Waals surface area contributed by atoms with Crippen molar-refractivity contribution >= 4 is 22.2 Å². The van der Waals surface area contributed by atoms with Gasteiger partial charge >= 0.3 is 0 Å². The maximum Gasteiger partial charge on any atom is 0.271 e. The zero-order valence-electron chi connectivity index (χ0n) is 12.4. The van der Waals surface area contributed by atoms with Gasteiger partial charge in [-0.1, -0.05) is 12.8 Å². The van der Waals surface area contributed by atoms with Gasteiger partial charge in [0.05, 0.1) is 0 Å². The SMILES string of the molecule is O=C(c1cnc2sccn2c1=O)N1CCCC1C1CCCC1. The Bertz CT molecular complexity index is 760. The molecule has 6 heteroatoms. The van der Waals surface area contributed by atoms with Crippen LogP contribution in [0.4, 0.5) is 0 Å². The molecule has 1 saturated heterocycles. The van der Waals surface area contributed by atoms with Gasteiger partial charge in [-0.2, -0.15) is 0 Å². The van der Waals surface area contributed by atoms with Crippen LogP contribution < -0.4 is 5.56 Å². The molecule has 2 fully saturated rings. The van der Waals surface area contributed by atoms with E-state index >= 15 is 0 Å². The van der Waals surface area contributed by atoms with Gasteiger partial charge in [0.25, 0.3) is 11.5 Å². The van der Waals surface area contributed by atoms with Crippen molar-refractivity contribution in [3.8, 4) is 0 Å². The third-order valence-corrected chi connectivity index (χ3v) is 5.85. The van der Waals surface area contributed by atoms with Crippen molar-refractivity contribution in [2.45, 2.75) is 44.6 Å². The Balaban J connectivity index is 1.67. The zero-order chi connectivity index (χ0) is 15.1. The lowest BCUT2D eigenvalue weighted by Gasteiger charge is -2.29. The number of fused-ring (bicyclic) bond motifs is 1. The summed E-state index contributed by atoms with van der Waals surface area (Å²) in [6, 6.07) is 0.317. The largest absolute Gasteiger partial charge is 0.335 e. The molecule has 1 amide bonds. The second-order valence-electron chi connectivity index (χ2n) is 6.29. The molecule has 0 aromatic carbocycles. The Morgan fingerprint density at radius 3 is 2.86 bits per heavy atom. The fourth-order valence-corrected chi connectivity index (χ4v) is 4.68. The number of amides is 1. The number of rotatable bonds is 2. The molecule has 1 aliphatic carbocycles. The minimum Gasteiger partial charge on any atom is -0.335 e. The topological polar surface area (TPSA) is 54.7 Å². The fraction of sp³-hybridized carbons (Fsp3) is 0.562. The summed E-state index contributed by atoms with van der Waals surface area (Å²) < 4.78 is 1.47. The first-order chi connectivity index (χ1) is 10.8. The number of likely N-dealkylation sites (tertiary alicyclic amines) is 1. The van der Waals surface area contributed by atoms with Crippen LogP contribution in [0.25, 0.3) is 4.96 Å². The molecule has 1 unspecified atom stereocenters. The van der Waals surface area contributed by atoms with Crippen LogP contribution in [0.5, 0.6) is 0 Å². The van der Waals surface area contributed by atoms with Crippen molar-refractivity contribution in [2.24, 2.45) is 5.92 Å². The van der Waals surface area contributed by atoms with Crippen LogP contribution in [0.15, 0.2) is 22.6 Å². The quantitative estimate of drug-likeness (QED) is 0.855. The summed E-state index contributed by atoms with van der Waals surface area (Å²) in [5, 5.41) is 1.81. The molecule has 1 saturated carbocycles. The van der Waals surface area contributed by atoms with Crippen LogP contribution in [0.2, 0.25) is 0 Å². The number of thiazole rings is 1. The third-order valence-electron chi connectivity index (χ3n) is 5.08. The molecule has 3 heterocycles. The highest BCUT2D eigenvalue weighted by molar-refractivity contribution is 7.15. The summed E-state index contributed by atoms with van der Waals surface area (Å²) >= 11 is 1.40. The van der Waals surface area contributed by atoms with Gasteiger partial charge in [-0.05, 0) is 31.6 Å². The smallest absolute Gasteiger partial charge is 0.271 e. The highest BCUT2D eigenvalue weighted by atomic mass is 32.1. The van der Waals surface area contributed by atoms with Gasteiger partial charge in [0.15, 0.2) is 4.96 Å². The minimum atomic E-state index is -0.242. The molecule has 2 aromatic heterocycles. The Labute approximate surface area is 132 Å². The van der Waals surface area contributed by atoms with Crippen molar-refractivity contribution in [2.75, 3.05) is 6.54 Å². The van der Waals surface area contributed by atoms with E-state index in [2.05, 4.69) is 4.98 Å². The second kappa shape index (κ2) is 5.50. The Morgan fingerprint density at radius 1 is 1.23 bits per heavy atom. The summed E-state index contributed by atoms with van der Waals surface area (Å²) in [5.74, 6) is 0.486. The average molecular weight is 317 g/mol. The van der Waals surface area contributed by atoms with E-state index in [1.54, 1.807) is 6.20 Å². The summed E-state index contributed by atoms with van der Waals surface area (Å²) in [6.45, 7) is 0.770. The molecule has 4 rings (SSSR count). The molecule has 0 N–H and O–H groups in total. The zero-order valence-corrected chi connectivity index (χ0v) is 13.2. The second-order valence-corrected chi connectivity index (χ2v) is 7.16. The van der Waals surface area contributed by atoms with Crippen LogP contribution in [0, 0.1) is 5.92 Å². The van der Waals surface area contributed by atoms with Crippen molar-refractivity contribution in [3.63, 3.8) is 0 Å². The van der Waals surface area contributed by atoms with Gasteiger partial charge in [-0.3, -0.25) is 14.0 Å². The van der Waals surface area contributed by atoms with E-state index in [0.29, 0.717) is 16.9 Å². The monoisotopic (exact) mass is 317 g/mol. The number of nitrogens with zero attached hydrogens (tertiary/aromatic N) is 3. The van der Waals surface area contributed by atoms with Crippen LogP contribution in [-0.2, 0) is 0 Å². The Hall–Kier alpha value is -1.69. The molecule has 1 atom stereocenters. The maximum atomic E-state index is 12.9. The Kier molecular flexibility index (Phi) is 3.48. The van der Waals surface area contributed by atoms with Gasteiger partial charge in [0.1, 0.15) is 5.56 Å². The van der Waals surface area contributed by atoms with E-state index in [0.717, 1.165) is 19.4 Å². The average Bonchev–Trinajstić information content (AvgIpc) is 3.26. The molecule has 5 nitrogen and oxygen atoms in total. The molecule has 2 aliphatic rings. The van der Waals surface area contributed by atoms with Crippen molar-refractivity contribution < 1.29 is 4.79 Å². The van der Waals surface area contributed by atoms with Crippen molar-refractivity contribution in [1.82, 2.24) is 14.3 Å². The lowest BCUT2D eigenvalue weighted by Crippen LogP contribution is -2.41. The summed E-state index contributed by atoms with van der Waals surface area (Å²) in [6.07, 6.45) is 10.2. The van der Waals surface area contributed by atoms with Crippen molar-refractivity contribution in [1.29, 1.82) is 0 Å². The molecule has 1 aliphatic heterocycles. The standard InChI is InChI=1S/C16H19N3O2S/c20-14(12-10-17-16-19(15(12)21)8-9-22-16)18-7-3-6-13(18)11-4-1-2-5-11/h8-11,13H,1-7H2.